The van der Waals surface area contributed by atoms with E-state index in [-0.39, 0.29) is 5.69 Å². The second-order valence-electron chi connectivity index (χ2n) is 4.02. The topological polar surface area (TPSA) is 69.3 Å². The van der Waals surface area contributed by atoms with Crippen molar-refractivity contribution in [2.45, 2.75) is 13.3 Å². The second-order valence-corrected chi connectivity index (χ2v) is 4.02. The number of non-ortho nitro benzene ring substituents is 1. The maximum Gasteiger partial charge on any atom is 0.275 e. The van der Waals surface area contributed by atoms with Crippen LogP contribution in [0.25, 0.3) is 0 Å². The summed E-state index contributed by atoms with van der Waals surface area (Å²) < 4.78 is 7.16. The molecule has 2 rings (SSSR count). The van der Waals surface area contributed by atoms with Crippen LogP contribution in [0.15, 0.2) is 42.7 Å². The van der Waals surface area contributed by atoms with Crippen LogP contribution in [-0.2, 0) is 0 Å². The summed E-state index contributed by atoms with van der Waals surface area (Å²) in [6, 6.07) is 8.36. The van der Waals surface area contributed by atoms with Crippen LogP contribution >= 0.6 is 0 Å². The van der Waals surface area contributed by atoms with Crippen LogP contribution in [0.2, 0.25) is 0 Å². The molecule has 1 aromatic heterocycles. The van der Waals surface area contributed by atoms with E-state index in [1.807, 2.05) is 31.5 Å². The van der Waals surface area contributed by atoms with Crippen molar-refractivity contribution in [1.29, 1.82) is 0 Å². The largest absolute Gasteiger partial charge is 0.493 e. The number of anilines is 1. The molecular formula is C13H15N3O3. The van der Waals surface area contributed by atoms with E-state index in [1.165, 1.54) is 12.1 Å². The second kappa shape index (κ2) is 5.90. The van der Waals surface area contributed by atoms with Gasteiger partial charge >= 0.3 is 0 Å². The number of aromatic nitrogens is 1. The van der Waals surface area contributed by atoms with Crippen molar-refractivity contribution in [2.24, 2.45) is 0 Å². The molecule has 0 aliphatic carbocycles. The minimum atomic E-state index is -0.431. The van der Waals surface area contributed by atoms with Crippen molar-refractivity contribution in [2.75, 3.05) is 12.0 Å². The molecule has 0 bridgehead atoms. The lowest BCUT2D eigenvalue weighted by atomic mass is 10.2. The molecular weight excluding hydrogens is 246 g/mol. The first-order chi connectivity index (χ1) is 9.19. The first-order valence-electron chi connectivity index (χ1n) is 6.01. The number of nitrogens with zero attached hydrogens (tertiary/aromatic N) is 2. The van der Waals surface area contributed by atoms with Crippen LogP contribution in [0.1, 0.15) is 13.3 Å². The Labute approximate surface area is 110 Å². The van der Waals surface area contributed by atoms with Crippen LogP contribution in [-0.4, -0.2) is 16.2 Å². The summed E-state index contributed by atoms with van der Waals surface area (Å²) in [6.07, 6.45) is 4.47. The third-order valence-electron chi connectivity index (χ3n) is 2.44. The van der Waals surface area contributed by atoms with Crippen LogP contribution < -0.4 is 10.2 Å². The predicted octanol–water partition coefficient (Wildman–Crippen LogP) is 3.06. The normalized spacial score (nSPS) is 10.2. The highest BCUT2D eigenvalue weighted by Gasteiger charge is 2.10. The van der Waals surface area contributed by atoms with Crippen molar-refractivity contribution < 1.29 is 9.66 Å². The molecule has 0 aliphatic rings. The van der Waals surface area contributed by atoms with Gasteiger partial charge in [-0.1, -0.05) is 6.92 Å². The smallest absolute Gasteiger partial charge is 0.275 e. The molecule has 6 nitrogen and oxygen atoms in total. The Morgan fingerprint density at radius 2 is 2.05 bits per heavy atom. The Hall–Kier alpha value is -2.50. The summed E-state index contributed by atoms with van der Waals surface area (Å²) in [6.45, 7) is 2.51. The van der Waals surface area contributed by atoms with Crippen LogP contribution in [0.4, 0.5) is 11.4 Å². The van der Waals surface area contributed by atoms with Gasteiger partial charge in [-0.15, -0.1) is 0 Å². The fraction of sp³-hybridized carbons (Fsp3) is 0.231. The third-order valence-corrected chi connectivity index (χ3v) is 2.44. The van der Waals surface area contributed by atoms with E-state index >= 15 is 0 Å². The molecule has 0 spiro atoms. The Morgan fingerprint density at radius 1 is 1.32 bits per heavy atom. The molecule has 0 radical (unpaired) electrons. The number of hydrogen-bond donors (Lipinski definition) is 1. The first-order valence-corrected chi connectivity index (χ1v) is 6.01. The zero-order valence-electron chi connectivity index (χ0n) is 10.6. The monoisotopic (exact) mass is 261 g/mol. The van der Waals surface area contributed by atoms with Crippen molar-refractivity contribution in [3.8, 4) is 5.75 Å². The number of nitro groups is 1. The van der Waals surface area contributed by atoms with Gasteiger partial charge < -0.3 is 4.74 Å². The number of ether oxygens (including phenoxy) is 1. The fourth-order valence-corrected chi connectivity index (χ4v) is 1.61. The average molecular weight is 261 g/mol. The zero-order chi connectivity index (χ0) is 13.7. The zero-order valence-corrected chi connectivity index (χ0v) is 10.6. The number of nitro benzene ring substituents is 1. The first kappa shape index (κ1) is 12.9. The van der Waals surface area contributed by atoms with Gasteiger partial charge in [-0.2, -0.15) is 0 Å². The highest BCUT2D eigenvalue weighted by molar-refractivity contribution is 5.56. The predicted molar refractivity (Wildman–Crippen MR) is 72.3 cm³/mol. The molecule has 0 unspecified atom stereocenters. The molecule has 100 valence electrons. The van der Waals surface area contributed by atoms with E-state index in [0.717, 1.165) is 6.42 Å². The van der Waals surface area contributed by atoms with Gasteiger partial charge in [0.15, 0.2) is 0 Å². The van der Waals surface area contributed by atoms with Crippen LogP contribution in [0.3, 0.4) is 0 Å². The quantitative estimate of drug-likeness (QED) is 0.641. The molecule has 6 heteroatoms. The molecule has 19 heavy (non-hydrogen) atoms. The van der Waals surface area contributed by atoms with E-state index in [4.69, 9.17) is 4.74 Å². The molecule has 1 aromatic carbocycles. The lowest BCUT2D eigenvalue weighted by molar-refractivity contribution is -0.384. The van der Waals surface area contributed by atoms with Gasteiger partial charge in [-0.3, -0.25) is 20.2 Å². The SMILES string of the molecule is CCCOc1cc(Nn2cccc2)cc([N+](=O)[O-])c1. The highest BCUT2D eigenvalue weighted by atomic mass is 16.6. The molecule has 0 fully saturated rings. The van der Waals surface area contributed by atoms with Crippen molar-refractivity contribution in [3.63, 3.8) is 0 Å². The molecule has 0 amide bonds. The van der Waals surface area contributed by atoms with Gasteiger partial charge in [0.25, 0.3) is 5.69 Å². The molecule has 0 saturated heterocycles. The molecule has 0 aliphatic heterocycles. The Bertz CT molecular complexity index is 552. The van der Waals surface area contributed by atoms with Gasteiger partial charge in [-0.05, 0) is 18.6 Å². The molecule has 1 heterocycles. The Morgan fingerprint density at radius 3 is 2.68 bits per heavy atom. The van der Waals surface area contributed by atoms with Gasteiger partial charge in [0.2, 0.25) is 0 Å². The molecule has 0 atom stereocenters. The number of benzene rings is 1. The highest BCUT2D eigenvalue weighted by Crippen LogP contribution is 2.26. The molecule has 0 saturated carbocycles. The average Bonchev–Trinajstić information content (AvgIpc) is 2.89. The van der Waals surface area contributed by atoms with Gasteiger partial charge in [-0.25, -0.2) is 0 Å². The Kier molecular flexibility index (Phi) is 4.02. The summed E-state index contributed by atoms with van der Waals surface area (Å²) in [5.74, 6) is 0.491. The lowest BCUT2D eigenvalue weighted by Gasteiger charge is -2.10. The van der Waals surface area contributed by atoms with Gasteiger partial charge in [0.1, 0.15) is 5.75 Å². The van der Waals surface area contributed by atoms with E-state index in [0.29, 0.717) is 18.0 Å². The third kappa shape index (κ3) is 3.48. The minimum Gasteiger partial charge on any atom is -0.493 e. The van der Waals surface area contributed by atoms with Gasteiger partial charge in [0.05, 0.1) is 23.3 Å². The molecule has 2 aromatic rings. The standard InChI is InChI=1S/C13H15N3O3/c1-2-7-19-13-9-11(8-12(10-13)16(17)18)14-15-5-3-4-6-15/h3-6,8-10,14H,2,7H2,1H3. The summed E-state index contributed by atoms with van der Waals surface area (Å²) >= 11 is 0. The maximum atomic E-state index is 10.9. The van der Waals surface area contributed by atoms with Crippen molar-refractivity contribution >= 4 is 11.4 Å². The minimum absolute atomic E-state index is 0.00302. The lowest BCUT2D eigenvalue weighted by Crippen LogP contribution is -2.06. The number of nitrogens with one attached hydrogen (secondary N) is 1. The van der Waals surface area contributed by atoms with Crippen molar-refractivity contribution in [3.05, 3.63) is 52.8 Å². The molecule has 1 N–H and O–H groups in total. The summed E-state index contributed by atoms with van der Waals surface area (Å²) in [7, 11) is 0. The fourth-order valence-electron chi connectivity index (χ4n) is 1.61. The number of hydrogen-bond acceptors (Lipinski definition) is 4. The van der Waals surface area contributed by atoms with Gasteiger partial charge in [0, 0.05) is 24.5 Å². The van der Waals surface area contributed by atoms with Crippen molar-refractivity contribution in [1.82, 2.24) is 4.68 Å². The summed E-state index contributed by atoms with van der Waals surface area (Å²) in [4.78, 5) is 10.5. The van der Waals surface area contributed by atoms with Crippen LogP contribution in [0.5, 0.6) is 5.75 Å². The van der Waals surface area contributed by atoms with E-state index in [1.54, 1.807) is 10.7 Å². The van der Waals surface area contributed by atoms with Crippen LogP contribution in [0, 0.1) is 10.1 Å². The number of rotatable bonds is 6. The maximum absolute atomic E-state index is 10.9. The van der Waals surface area contributed by atoms with E-state index in [2.05, 4.69) is 5.43 Å². The summed E-state index contributed by atoms with van der Waals surface area (Å²) in [5.41, 5.74) is 3.64. The Balaban J connectivity index is 2.25. The van der Waals surface area contributed by atoms with E-state index in [9.17, 15) is 10.1 Å². The van der Waals surface area contributed by atoms with E-state index < -0.39 is 4.92 Å². The summed E-state index contributed by atoms with van der Waals surface area (Å²) in [5, 5.41) is 10.9.